The van der Waals surface area contributed by atoms with Gasteiger partial charge in [-0.15, -0.1) is 0 Å². The van der Waals surface area contributed by atoms with E-state index in [0.29, 0.717) is 13.2 Å². The minimum absolute atomic E-state index is 0.248. The van der Waals surface area contributed by atoms with Crippen molar-refractivity contribution in [2.45, 2.75) is 13.0 Å². The SMILES string of the molecule is C[C@@H]1COCCN1c1nccn2cc(-c3ccc(F)cc3)nc12. The molecule has 5 nitrogen and oxygen atoms in total. The van der Waals surface area contributed by atoms with Crippen LogP contribution >= 0.6 is 0 Å². The van der Waals surface area contributed by atoms with Crippen LogP contribution in [0.3, 0.4) is 0 Å². The van der Waals surface area contributed by atoms with E-state index in [1.165, 1.54) is 12.1 Å². The smallest absolute Gasteiger partial charge is 0.180 e. The standard InChI is InChI=1S/C17H17FN4O/c1-12-11-23-9-8-22(12)16-17-20-15(10-21(17)7-6-19-16)13-2-4-14(18)5-3-13/h2-7,10,12H,8-9,11H2,1H3/t12-/m1/s1. The molecule has 0 bridgehead atoms. The van der Waals surface area contributed by atoms with Crippen molar-refractivity contribution >= 4 is 11.5 Å². The van der Waals surface area contributed by atoms with E-state index in [0.717, 1.165) is 29.3 Å². The molecule has 0 saturated carbocycles. The zero-order valence-electron chi connectivity index (χ0n) is 12.8. The molecule has 23 heavy (non-hydrogen) atoms. The molecule has 1 fully saturated rings. The number of halogens is 1. The Kier molecular flexibility index (Phi) is 3.46. The van der Waals surface area contributed by atoms with E-state index in [2.05, 4.69) is 16.8 Å². The summed E-state index contributed by atoms with van der Waals surface area (Å²) in [6, 6.07) is 6.63. The lowest BCUT2D eigenvalue weighted by Crippen LogP contribution is -2.44. The summed E-state index contributed by atoms with van der Waals surface area (Å²) in [5, 5.41) is 0. The fraction of sp³-hybridized carbons (Fsp3) is 0.294. The van der Waals surface area contributed by atoms with Crippen LogP contribution in [0.5, 0.6) is 0 Å². The molecule has 0 amide bonds. The molecular weight excluding hydrogens is 295 g/mol. The second-order valence-electron chi connectivity index (χ2n) is 5.73. The number of fused-ring (bicyclic) bond motifs is 1. The molecular formula is C17H17FN4O. The molecule has 0 unspecified atom stereocenters. The van der Waals surface area contributed by atoms with E-state index in [9.17, 15) is 4.39 Å². The van der Waals surface area contributed by atoms with Crippen LogP contribution in [0.25, 0.3) is 16.9 Å². The van der Waals surface area contributed by atoms with E-state index < -0.39 is 0 Å². The maximum atomic E-state index is 13.1. The van der Waals surface area contributed by atoms with Crippen LogP contribution in [0.1, 0.15) is 6.92 Å². The summed E-state index contributed by atoms with van der Waals surface area (Å²) in [7, 11) is 0. The van der Waals surface area contributed by atoms with Crippen LogP contribution in [-0.2, 0) is 4.74 Å². The third kappa shape index (κ3) is 2.55. The Morgan fingerprint density at radius 1 is 1.26 bits per heavy atom. The quantitative estimate of drug-likeness (QED) is 0.730. The predicted molar refractivity (Wildman–Crippen MR) is 86.0 cm³/mol. The zero-order valence-corrected chi connectivity index (χ0v) is 12.8. The number of aromatic nitrogens is 3. The number of imidazole rings is 1. The van der Waals surface area contributed by atoms with Gasteiger partial charge in [-0.2, -0.15) is 0 Å². The molecule has 1 aliphatic heterocycles. The molecule has 0 radical (unpaired) electrons. The highest BCUT2D eigenvalue weighted by Crippen LogP contribution is 2.26. The van der Waals surface area contributed by atoms with Gasteiger partial charge in [0.2, 0.25) is 0 Å². The van der Waals surface area contributed by atoms with E-state index in [1.54, 1.807) is 18.3 Å². The first-order chi connectivity index (χ1) is 11.2. The summed E-state index contributed by atoms with van der Waals surface area (Å²) in [5.41, 5.74) is 2.50. The van der Waals surface area contributed by atoms with Gasteiger partial charge in [0.05, 0.1) is 24.9 Å². The number of nitrogens with zero attached hydrogens (tertiary/aromatic N) is 4. The van der Waals surface area contributed by atoms with Crippen molar-refractivity contribution in [1.29, 1.82) is 0 Å². The molecule has 3 heterocycles. The summed E-state index contributed by atoms with van der Waals surface area (Å²) in [6.45, 7) is 4.30. The Bertz CT molecular complexity index is 830. The molecule has 118 valence electrons. The number of hydrogen-bond acceptors (Lipinski definition) is 4. The molecule has 3 aromatic rings. The number of ether oxygens (including phenoxy) is 1. The second kappa shape index (κ2) is 5.62. The fourth-order valence-electron chi connectivity index (χ4n) is 2.91. The molecule has 1 atom stereocenters. The number of anilines is 1. The van der Waals surface area contributed by atoms with Gasteiger partial charge in [-0.25, -0.2) is 14.4 Å². The zero-order chi connectivity index (χ0) is 15.8. The van der Waals surface area contributed by atoms with Crippen LogP contribution in [0.15, 0.2) is 42.9 Å². The number of hydrogen-bond donors (Lipinski definition) is 0. The normalized spacial score (nSPS) is 18.5. The third-order valence-electron chi connectivity index (χ3n) is 4.14. The molecule has 1 aromatic carbocycles. The molecule has 0 N–H and O–H groups in total. The van der Waals surface area contributed by atoms with Crippen LogP contribution in [0.2, 0.25) is 0 Å². The van der Waals surface area contributed by atoms with Gasteiger partial charge >= 0.3 is 0 Å². The van der Waals surface area contributed by atoms with Crippen molar-refractivity contribution in [2.75, 3.05) is 24.7 Å². The molecule has 1 saturated heterocycles. The number of morpholine rings is 1. The molecule has 0 aliphatic carbocycles. The summed E-state index contributed by atoms with van der Waals surface area (Å²) < 4.78 is 20.6. The van der Waals surface area contributed by atoms with Gasteiger partial charge in [-0.1, -0.05) is 0 Å². The average Bonchev–Trinajstić information content (AvgIpc) is 3.00. The summed E-state index contributed by atoms with van der Waals surface area (Å²) >= 11 is 0. The minimum atomic E-state index is -0.248. The van der Waals surface area contributed by atoms with Gasteiger partial charge in [-0.05, 0) is 31.2 Å². The maximum absolute atomic E-state index is 13.1. The van der Waals surface area contributed by atoms with Gasteiger partial charge in [0, 0.05) is 30.7 Å². The van der Waals surface area contributed by atoms with Crippen LogP contribution < -0.4 is 4.90 Å². The lowest BCUT2D eigenvalue weighted by Gasteiger charge is -2.34. The molecule has 4 rings (SSSR count). The summed E-state index contributed by atoms with van der Waals surface area (Å²) in [6.07, 6.45) is 5.60. The van der Waals surface area contributed by atoms with E-state index in [4.69, 9.17) is 9.72 Å². The first-order valence-corrected chi connectivity index (χ1v) is 7.66. The molecule has 2 aromatic heterocycles. The monoisotopic (exact) mass is 312 g/mol. The van der Waals surface area contributed by atoms with Crippen LogP contribution in [0.4, 0.5) is 10.2 Å². The molecule has 6 heteroatoms. The number of rotatable bonds is 2. The van der Waals surface area contributed by atoms with Crippen molar-refractivity contribution in [3.63, 3.8) is 0 Å². The third-order valence-corrected chi connectivity index (χ3v) is 4.14. The Morgan fingerprint density at radius 2 is 2.09 bits per heavy atom. The second-order valence-corrected chi connectivity index (χ2v) is 5.73. The van der Waals surface area contributed by atoms with Crippen molar-refractivity contribution in [2.24, 2.45) is 0 Å². The lowest BCUT2D eigenvalue weighted by molar-refractivity contribution is 0.0986. The van der Waals surface area contributed by atoms with Crippen LogP contribution in [0, 0.1) is 5.82 Å². The number of benzene rings is 1. The summed E-state index contributed by atoms with van der Waals surface area (Å²) in [5.74, 6) is 0.610. The Labute approximate surface area is 133 Å². The predicted octanol–water partition coefficient (Wildman–Crippen LogP) is 2.76. The first-order valence-electron chi connectivity index (χ1n) is 7.66. The molecule has 1 aliphatic rings. The van der Waals surface area contributed by atoms with Crippen molar-refractivity contribution in [3.8, 4) is 11.3 Å². The maximum Gasteiger partial charge on any atom is 0.180 e. The van der Waals surface area contributed by atoms with Crippen molar-refractivity contribution < 1.29 is 9.13 Å². The van der Waals surface area contributed by atoms with E-state index in [-0.39, 0.29) is 11.9 Å². The van der Waals surface area contributed by atoms with Crippen molar-refractivity contribution in [3.05, 3.63) is 48.7 Å². The van der Waals surface area contributed by atoms with E-state index >= 15 is 0 Å². The fourth-order valence-corrected chi connectivity index (χ4v) is 2.91. The van der Waals surface area contributed by atoms with Crippen molar-refractivity contribution in [1.82, 2.24) is 14.4 Å². The van der Waals surface area contributed by atoms with Gasteiger partial charge in [0.1, 0.15) is 5.82 Å². The minimum Gasteiger partial charge on any atom is -0.377 e. The van der Waals surface area contributed by atoms with Gasteiger partial charge in [0.25, 0.3) is 0 Å². The topological polar surface area (TPSA) is 42.7 Å². The highest BCUT2D eigenvalue weighted by atomic mass is 19.1. The van der Waals surface area contributed by atoms with E-state index in [1.807, 2.05) is 16.8 Å². The highest BCUT2D eigenvalue weighted by molar-refractivity contribution is 5.70. The Hall–Kier alpha value is -2.47. The average molecular weight is 312 g/mol. The van der Waals surface area contributed by atoms with Gasteiger partial charge in [0.15, 0.2) is 11.5 Å². The molecule has 0 spiro atoms. The Balaban J connectivity index is 1.79. The van der Waals surface area contributed by atoms with Crippen LogP contribution in [-0.4, -0.2) is 40.2 Å². The summed E-state index contributed by atoms with van der Waals surface area (Å²) in [4.78, 5) is 11.5. The lowest BCUT2D eigenvalue weighted by atomic mass is 10.2. The first kappa shape index (κ1) is 14.1. The Morgan fingerprint density at radius 3 is 2.87 bits per heavy atom. The largest absolute Gasteiger partial charge is 0.377 e. The van der Waals surface area contributed by atoms with Gasteiger partial charge < -0.3 is 14.0 Å². The van der Waals surface area contributed by atoms with Gasteiger partial charge in [-0.3, -0.25) is 0 Å². The highest BCUT2D eigenvalue weighted by Gasteiger charge is 2.23.